The Hall–Kier alpha value is -3.91. The summed E-state index contributed by atoms with van der Waals surface area (Å²) < 4.78 is 27.7. The lowest BCUT2D eigenvalue weighted by atomic mass is 9.98. The molecule has 0 aliphatic carbocycles. The highest BCUT2D eigenvalue weighted by Gasteiger charge is 2.24. The van der Waals surface area contributed by atoms with Gasteiger partial charge in [0.15, 0.2) is 0 Å². The average molecular weight is 491 g/mol. The number of carbonyl (C=O) groups is 1. The lowest BCUT2D eigenvalue weighted by Gasteiger charge is -2.36. The minimum atomic E-state index is -0.484. The molecule has 5 rings (SSSR count). The van der Waals surface area contributed by atoms with Gasteiger partial charge < -0.3 is 25.5 Å². The molecule has 3 aromatic rings. The van der Waals surface area contributed by atoms with Gasteiger partial charge >= 0.3 is 0 Å². The van der Waals surface area contributed by atoms with Crippen LogP contribution < -0.4 is 15.5 Å². The van der Waals surface area contributed by atoms with Crippen LogP contribution in [-0.4, -0.2) is 55.2 Å². The zero-order valence-corrected chi connectivity index (χ0v) is 19.8. The molecule has 3 N–H and O–H groups in total. The van der Waals surface area contributed by atoms with Crippen LogP contribution in [0, 0.1) is 11.6 Å². The largest absolute Gasteiger partial charge is 0.394 e. The SMILES string of the molecule is O=C(c1ccc(NC(CO)c2cccc3c2NCC=C3)cc1)N1CCN(c2cc(F)ccc2F)CC1. The molecule has 0 saturated carbocycles. The number of anilines is 3. The lowest BCUT2D eigenvalue weighted by molar-refractivity contribution is 0.0746. The summed E-state index contributed by atoms with van der Waals surface area (Å²) in [5.41, 5.74) is 4.64. The van der Waals surface area contributed by atoms with Crippen molar-refractivity contribution in [3.05, 3.63) is 95.1 Å². The molecule has 0 bridgehead atoms. The van der Waals surface area contributed by atoms with Crippen molar-refractivity contribution in [2.75, 3.05) is 54.9 Å². The molecule has 36 heavy (non-hydrogen) atoms. The van der Waals surface area contributed by atoms with Crippen LogP contribution >= 0.6 is 0 Å². The minimum absolute atomic E-state index is 0.0846. The molecular weight excluding hydrogens is 462 g/mol. The first kappa shape index (κ1) is 23.8. The van der Waals surface area contributed by atoms with Gasteiger partial charge in [0.1, 0.15) is 11.6 Å². The van der Waals surface area contributed by atoms with Crippen LogP contribution in [0.25, 0.3) is 6.08 Å². The molecule has 0 radical (unpaired) electrons. The summed E-state index contributed by atoms with van der Waals surface area (Å²) in [6.07, 6.45) is 4.13. The Morgan fingerprint density at radius 3 is 2.56 bits per heavy atom. The van der Waals surface area contributed by atoms with Crippen molar-refractivity contribution in [1.82, 2.24) is 4.90 Å². The molecule has 1 fully saturated rings. The van der Waals surface area contributed by atoms with Gasteiger partial charge in [-0.1, -0.05) is 30.4 Å². The maximum Gasteiger partial charge on any atom is 0.253 e. The van der Waals surface area contributed by atoms with Crippen LogP contribution in [0.4, 0.5) is 25.8 Å². The fourth-order valence-corrected chi connectivity index (χ4v) is 4.76. The monoisotopic (exact) mass is 490 g/mol. The Labute approximate surface area is 208 Å². The molecule has 3 aromatic carbocycles. The molecule has 1 saturated heterocycles. The van der Waals surface area contributed by atoms with Crippen LogP contribution in [0.2, 0.25) is 0 Å². The fourth-order valence-electron chi connectivity index (χ4n) is 4.76. The molecule has 2 heterocycles. The smallest absolute Gasteiger partial charge is 0.253 e. The van der Waals surface area contributed by atoms with E-state index in [0.29, 0.717) is 31.7 Å². The van der Waals surface area contributed by atoms with Crippen LogP contribution in [0.3, 0.4) is 0 Å². The average Bonchev–Trinajstić information content (AvgIpc) is 2.93. The molecule has 2 aliphatic rings. The Bertz CT molecular complexity index is 1270. The predicted molar refractivity (Wildman–Crippen MR) is 138 cm³/mol. The van der Waals surface area contributed by atoms with Crippen LogP contribution in [-0.2, 0) is 0 Å². The van der Waals surface area contributed by atoms with Gasteiger partial charge in [-0.25, -0.2) is 8.78 Å². The summed E-state index contributed by atoms with van der Waals surface area (Å²) in [4.78, 5) is 16.5. The number of carbonyl (C=O) groups excluding carboxylic acids is 1. The first-order valence-electron chi connectivity index (χ1n) is 12.0. The molecule has 0 spiro atoms. The van der Waals surface area contributed by atoms with Crippen LogP contribution in [0.15, 0.2) is 66.7 Å². The third-order valence-electron chi connectivity index (χ3n) is 6.67. The number of para-hydroxylation sites is 1. The predicted octanol–water partition coefficient (Wildman–Crippen LogP) is 4.51. The van der Waals surface area contributed by atoms with Crippen molar-refractivity contribution in [3.8, 4) is 0 Å². The van der Waals surface area contributed by atoms with E-state index in [1.807, 2.05) is 30.3 Å². The summed E-state index contributed by atoms with van der Waals surface area (Å²) in [6, 6.07) is 16.3. The fraction of sp³-hybridized carbons (Fsp3) is 0.250. The number of halogens is 2. The summed E-state index contributed by atoms with van der Waals surface area (Å²) in [5, 5.41) is 16.8. The molecular formula is C28H28F2N4O2. The number of benzene rings is 3. The van der Waals surface area contributed by atoms with E-state index in [0.717, 1.165) is 41.2 Å². The van der Waals surface area contributed by atoms with Gasteiger partial charge in [0.25, 0.3) is 5.91 Å². The maximum atomic E-state index is 14.1. The number of amides is 1. The van der Waals surface area contributed by atoms with Crippen molar-refractivity contribution < 1.29 is 18.7 Å². The lowest BCUT2D eigenvalue weighted by Crippen LogP contribution is -2.49. The molecule has 1 atom stereocenters. The Morgan fingerprint density at radius 1 is 1.03 bits per heavy atom. The van der Waals surface area contributed by atoms with Gasteiger partial charge in [0, 0.05) is 61.3 Å². The van der Waals surface area contributed by atoms with Gasteiger partial charge in [-0.15, -0.1) is 0 Å². The minimum Gasteiger partial charge on any atom is -0.394 e. The van der Waals surface area contributed by atoms with E-state index in [9.17, 15) is 18.7 Å². The molecule has 186 valence electrons. The standard InChI is InChI=1S/C28H28F2N4O2/c29-21-8-11-24(30)26(17-21)33-13-15-34(16-14-33)28(36)20-6-9-22(10-7-20)32-25(18-35)23-5-1-3-19-4-2-12-31-27(19)23/h1-11,17,25,31-32,35H,12-16,18H2. The van der Waals surface area contributed by atoms with E-state index in [-0.39, 0.29) is 24.2 Å². The maximum absolute atomic E-state index is 14.1. The summed E-state index contributed by atoms with van der Waals surface area (Å²) in [6.45, 7) is 2.34. The zero-order valence-electron chi connectivity index (χ0n) is 19.8. The molecule has 6 nitrogen and oxygen atoms in total. The Balaban J connectivity index is 1.22. The van der Waals surface area contributed by atoms with Crippen molar-refractivity contribution in [3.63, 3.8) is 0 Å². The van der Waals surface area contributed by atoms with E-state index in [2.05, 4.69) is 22.8 Å². The second kappa shape index (κ2) is 10.4. The zero-order chi connectivity index (χ0) is 25.1. The number of hydrogen-bond acceptors (Lipinski definition) is 5. The third-order valence-corrected chi connectivity index (χ3v) is 6.67. The van der Waals surface area contributed by atoms with Crippen molar-refractivity contribution >= 4 is 29.0 Å². The Kier molecular flexibility index (Phi) is 6.86. The topological polar surface area (TPSA) is 67.8 Å². The van der Waals surface area contributed by atoms with E-state index in [1.54, 1.807) is 21.9 Å². The van der Waals surface area contributed by atoms with Gasteiger partial charge in [-0.05, 0) is 42.0 Å². The molecule has 2 aliphatic heterocycles. The number of nitrogens with one attached hydrogen (secondary N) is 2. The second-order valence-electron chi connectivity index (χ2n) is 8.93. The highest BCUT2D eigenvalue weighted by atomic mass is 19.1. The normalized spacial score (nSPS) is 15.8. The number of piperazine rings is 1. The second-order valence-corrected chi connectivity index (χ2v) is 8.93. The van der Waals surface area contributed by atoms with Gasteiger partial charge in [0.05, 0.1) is 18.3 Å². The van der Waals surface area contributed by atoms with Gasteiger partial charge in [-0.2, -0.15) is 0 Å². The first-order valence-corrected chi connectivity index (χ1v) is 12.0. The molecule has 1 unspecified atom stereocenters. The third kappa shape index (κ3) is 4.90. The number of fused-ring (bicyclic) bond motifs is 1. The number of aliphatic hydroxyl groups is 1. The van der Waals surface area contributed by atoms with Crippen LogP contribution in [0.1, 0.15) is 27.5 Å². The molecule has 0 aromatic heterocycles. The quantitative estimate of drug-likeness (QED) is 0.475. The van der Waals surface area contributed by atoms with Gasteiger partial charge in [-0.3, -0.25) is 4.79 Å². The highest BCUT2D eigenvalue weighted by molar-refractivity contribution is 5.94. The van der Waals surface area contributed by atoms with Crippen molar-refractivity contribution in [1.29, 1.82) is 0 Å². The number of aliphatic hydroxyl groups excluding tert-OH is 1. The summed E-state index contributed by atoms with van der Waals surface area (Å²) >= 11 is 0. The first-order chi connectivity index (χ1) is 17.5. The molecule has 8 heteroatoms. The molecule has 1 amide bonds. The number of hydrogen-bond donors (Lipinski definition) is 3. The van der Waals surface area contributed by atoms with E-state index in [4.69, 9.17) is 0 Å². The van der Waals surface area contributed by atoms with Gasteiger partial charge in [0.2, 0.25) is 0 Å². The van der Waals surface area contributed by atoms with E-state index >= 15 is 0 Å². The van der Waals surface area contributed by atoms with E-state index < -0.39 is 11.6 Å². The van der Waals surface area contributed by atoms with Crippen molar-refractivity contribution in [2.24, 2.45) is 0 Å². The summed E-state index contributed by atoms with van der Waals surface area (Å²) in [5.74, 6) is -1.06. The van der Waals surface area contributed by atoms with Crippen LogP contribution in [0.5, 0.6) is 0 Å². The van der Waals surface area contributed by atoms with E-state index in [1.165, 1.54) is 6.07 Å². The highest BCUT2D eigenvalue weighted by Crippen LogP contribution is 2.32. The van der Waals surface area contributed by atoms with Crippen molar-refractivity contribution in [2.45, 2.75) is 6.04 Å². The Morgan fingerprint density at radius 2 is 1.81 bits per heavy atom. The number of nitrogens with zero attached hydrogens (tertiary/aromatic N) is 2. The number of rotatable bonds is 6. The summed E-state index contributed by atoms with van der Waals surface area (Å²) in [7, 11) is 0.